The standard InChI is InChI=1S/C40H49O3P/c1-37(2,3)28-20-16-21-29(38(4,5)6)34(28)33-27(26-18-14-13-15-19-26)24-25-32(43-44(41)42)36(33)35-30(39(7,8)9)22-17-23-31(35)40(10,11)12/h13-25H,1-12H3/p+1. The van der Waals surface area contributed by atoms with Crippen molar-refractivity contribution < 1.29 is 14.0 Å². The molecule has 0 spiro atoms. The van der Waals surface area contributed by atoms with E-state index in [2.05, 4.69) is 150 Å². The summed E-state index contributed by atoms with van der Waals surface area (Å²) in [7, 11) is -2.91. The topological polar surface area (TPSA) is 46.5 Å². The highest BCUT2D eigenvalue weighted by atomic mass is 31.1. The highest BCUT2D eigenvalue weighted by Crippen LogP contribution is 2.54. The first-order valence-corrected chi connectivity index (χ1v) is 16.7. The van der Waals surface area contributed by atoms with Gasteiger partial charge in [-0.3, -0.25) is 0 Å². The van der Waals surface area contributed by atoms with Gasteiger partial charge in [0, 0.05) is 15.7 Å². The lowest BCUT2D eigenvalue weighted by Crippen LogP contribution is -2.21. The highest BCUT2D eigenvalue weighted by Gasteiger charge is 2.36. The summed E-state index contributed by atoms with van der Waals surface area (Å²) in [5.74, 6) is 0.411. The van der Waals surface area contributed by atoms with E-state index in [1.807, 2.05) is 12.1 Å². The molecule has 1 N–H and O–H groups in total. The van der Waals surface area contributed by atoms with Gasteiger partial charge in [0.15, 0.2) is 5.75 Å². The van der Waals surface area contributed by atoms with Crippen LogP contribution in [-0.4, -0.2) is 4.89 Å². The first-order valence-electron chi connectivity index (χ1n) is 15.6. The van der Waals surface area contributed by atoms with E-state index in [9.17, 15) is 9.46 Å². The second kappa shape index (κ2) is 11.9. The number of hydrogen-bond acceptors (Lipinski definition) is 2. The van der Waals surface area contributed by atoms with Gasteiger partial charge in [0.25, 0.3) is 0 Å². The molecule has 0 bridgehead atoms. The minimum Gasteiger partial charge on any atom is -0.229 e. The Morgan fingerprint density at radius 3 is 1.23 bits per heavy atom. The monoisotopic (exact) mass is 609 g/mol. The molecule has 44 heavy (non-hydrogen) atoms. The van der Waals surface area contributed by atoms with Crippen LogP contribution in [0.5, 0.6) is 5.75 Å². The van der Waals surface area contributed by atoms with Crippen molar-refractivity contribution in [3.8, 4) is 39.1 Å². The summed E-state index contributed by atoms with van der Waals surface area (Å²) in [6, 6.07) is 27.6. The number of benzene rings is 4. The summed E-state index contributed by atoms with van der Waals surface area (Å²) >= 11 is 0. The minimum absolute atomic E-state index is 0.183. The van der Waals surface area contributed by atoms with Crippen molar-refractivity contribution in [3.63, 3.8) is 0 Å². The second-order valence-electron chi connectivity index (χ2n) is 16.0. The molecule has 0 saturated heterocycles. The van der Waals surface area contributed by atoms with E-state index in [1.54, 1.807) is 0 Å². The average Bonchev–Trinajstić information content (AvgIpc) is 2.90. The lowest BCUT2D eigenvalue weighted by Gasteiger charge is -2.35. The van der Waals surface area contributed by atoms with Crippen molar-refractivity contribution >= 4 is 8.25 Å². The van der Waals surface area contributed by atoms with Crippen LogP contribution in [0.15, 0.2) is 78.9 Å². The Hall–Kier alpha value is -3.26. The van der Waals surface area contributed by atoms with Gasteiger partial charge in [-0.1, -0.05) is 150 Å². The molecule has 4 aromatic carbocycles. The quantitative estimate of drug-likeness (QED) is 0.229. The Bertz CT molecular complexity index is 1610. The van der Waals surface area contributed by atoms with Gasteiger partial charge in [-0.15, -0.1) is 4.89 Å². The third-order valence-corrected chi connectivity index (χ3v) is 8.64. The molecular weight excluding hydrogens is 559 g/mol. The van der Waals surface area contributed by atoms with E-state index >= 15 is 0 Å². The number of hydrogen-bond donors (Lipinski definition) is 1. The number of rotatable bonds is 5. The van der Waals surface area contributed by atoms with E-state index < -0.39 is 8.25 Å². The first-order chi connectivity index (χ1) is 20.2. The van der Waals surface area contributed by atoms with E-state index in [4.69, 9.17) is 4.52 Å². The van der Waals surface area contributed by atoms with Gasteiger partial charge in [0.1, 0.15) is 0 Å². The molecule has 0 aromatic heterocycles. The van der Waals surface area contributed by atoms with Gasteiger partial charge in [-0.2, -0.15) is 0 Å². The van der Waals surface area contributed by atoms with Crippen molar-refractivity contribution in [2.24, 2.45) is 0 Å². The van der Waals surface area contributed by atoms with Crippen LogP contribution in [0.25, 0.3) is 33.4 Å². The highest BCUT2D eigenvalue weighted by molar-refractivity contribution is 7.32. The minimum atomic E-state index is -2.91. The third-order valence-electron chi connectivity index (χ3n) is 8.29. The summed E-state index contributed by atoms with van der Waals surface area (Å²) in [5.41, 5.74) is 10.2. The molecule has 1 atom stereocenters. The SMILES string of the molecule is CC(C)(C)c1cccc(C(C)(C)C)c1-c1c(O[P+](=O)O)ccc(-c2ccccc2)c1-c1c(C(C)(C)C)cccc1C(C)(C)C. The average molecular weight is 610 g/mol. The van der Waals surface area contributed by atoms with Crippen molar-refractivity contribution in [1.82, 2.24) is 0 Å². The molecule has 3 nitrogen and oxygen atoms in total. The molecule has 232 valence electrons. The summed E-state index contributed by atoms with van der Waals surface area (Å²) in [4.78, 5) is 10.2. The fraction of sp³-hybridized carbons (Fsp3) is 0.400. The maximum atomic E-state index is 12.5. The molecule has 0 amide bonds. The molecule has 0 aliphatic heterocycles. The Balaban J connectivity index is 2.45. The molecule has 0 radical (unpaired) electrons. The summed E-state index contributed by atoms with van der Waals surface area (Å²) in [6.07, 6.45) is 0. The molecular formula is C40H50O3P+. The maximum Gasteiger partial charge on any atom is 0.747 e. The molecule has 0 heterocycles. The molecule has 0 aliphatic rings. The van der Waals surface area contributed by atoms with Crippen LogP contribution < -0.4 is 4.52 Å². The second-order valence-corrected chi connectivity index (χ2v) is 16.7. The van der Waals surface area contributed by atoms with Crippen LogP contribution in [0, 0.1) is 0 Å². The normalized spacial score (nSPS) is 13.2. The molecule has 0 saturated carbocycles. The smallest absolute Gasteiger partial charge is 0.229 e. The molecule has 4 heteroatoms. The maximum absolute atomic E-state index is 12.5. The van der Waals surface area contributed by atoms with Gasteiger partial charge in [-0.25, -0.2) is 4.52 Å². The molecule has 4 rings (SSSR count). The predicted molar refractivity (Wildman–Crippen MR) is 188 cm³/mol. The Morgan fingerprint density at radius 2 is 0.864 bits per heavy atom. The zero-order chi connectivity index (χ0) is 32.8. The van der Waals surface area contributed by atoms with Crippen LogP contribution in [0.4, 0.5) is 0 Å². The van der Waals surface area contributed by atoms with Crippen LogP contribution in [0.1, 0.15) is 105 Å². The van der Waals surface area contributed by atoms with Crippen LogP contribution in [-0.2, 0) is 26.2 Å². The largest absolute Gasteiger partial charge is 0.747 e. The summed E-state index contributed by atoms with van der Waals surface area (Å²) < 4.78 is 18.4. The Morgan fingerprint density at radius 1 is 0.477 bits per heavy atom. The van der Waals surface area contributed by atoms with E-state index in [0.29, 0.717) is 5.75 Å². The molecule has 0 aliphatic carbocycles. The van der Waals surface area contributed by atoms with Crippen LogP contribution in [0.3, 0.4) is 0 Å². The van der Waals surface area contributed by atoms with Crippen molar-refractivity contribution in [1.29, 1.82) is 0 Å². The summed E-state index contributed by atoms with van der Waals surface area (Å²) in [5, 5.41) is 0. The Labute approximate surface area is 266 Å². The molecule has 4 aromatic rings. The third kappa shape index (κ3) is 6.85. The first kappa shape index (κ1) is 33.6. The van der Waals surface area contributed by atoms with E-state index in [-0.39, 0.29) is 21.7 Å². The fourth-order valence-electron chi connectivity index (χ4n) is 6.25. The van der Waals surface area contributed by atoms with E-state index in [1.165, 1.54) is 22.3 Å². The van der Waals surface area contributed by atoms with Crippen LogP contribution >= 0.6 is 8.25 Å². The van der Waals surface area contributed by atoms with Gasteiger partial charge in [0.2, 0.25) is 0 Å². The zero-order valence-corrected chi connectivity index (χ0v) is 29.6. The predicted octanol–water partition coefficient (Wildman–Crippen LogP) is 11.9. The molecule has 1 unspecified atom stereocenters. The zero-order valence-electron chi connectivity index (χ0n) is 28.7. The lowest BCUT2D eigenvalue weighted by molar-refractivity contribution is 0.411. The van der Waals surface area contributed by atoms with Crippen molar-refractivity contribution in [2.45, 2.75) is 105 Å². The van der Waals surface area contributed by atoms with Crippen molar-refractivity contribution in [2.75, 3.05) is 0 Å². The fourth-order valence-corrected chi connectivity index (χ4v) is 6.57. The van der Waals surface area contributed by atoms with E-state index in [0.717, 1.165) is 33.4 Å². The van der Waals surface area contributed by atoms with Gasteiger partial charge in [-0.05, 0) is 78.3 Å². The van der Waals surface area contributed by atoms with Crippen molar-refractivity contribution in [3.05, 3.63) is 101 Å². The molecule has 0 fully saturated rings. The Kier molecular flexibility index (Phi) is 9.11. The summed E-state index contributed by atoms with van der Waals surface area (Å²) in [6.45, 7) is 26.9. The lowest BCUT2D eigenvalue weighted by atomic mass is 9.69. The van der Waals surface area contributed by atoms with Gasteiger partial charge in [0.05, 0.1) is 0 Å². The van der Waals surface area contributed by atoms with Gasteiger partial charge < -0.3 is 0 Å². The van der Waals surface area contributed by atoms with Gasteiger partial charge >= 0.3 is 8.25 Å². The van der Waals surface area contributed by atoms with Crippen LogP contribution in [0.2, 0.25) is 0 Å².